The van der Waals surface area contributed by atoms with Gasteiger partial charge in [-0.15, -0.1) is 0 Å². The van der Waals surface area contributed by atoms with Crippen LogP contribution in [-0.4, -0.2) is 23.1 Å². The highest BCUT2D eigenvalue weighted by atomic mass is 16.5. The van der Waals surface area contributed by atoms with Crippen LogP contribution in [0.2, 0.25) is 0 Å². The van der Waals surface area contributed by atoms with Crippen molar-refractivity contribution in [3.63, 3.8) is 0 Å². The number of ether oxygens (including phenoxy) is 1. The monoisotopic (exact) mass is 416 g/mol. The first kappa shape index (κ1) is 21.9. The van der Waals surface area contributed by atoms with E-state index in [9.17, 15) is 9.59 Å². The normalized spacial score (nSPS) is 43.6. The molecule has 8 atom stereocenters. The fourth-order valence-corrected chi connectivity index (χ4v) is 8.49. The van der Waals surface area contributed by atoms with E-state index in [1.807, 2.05) is 0 Å². The van der Waals surface area contributed by atoms with Crippen molar-refractivity contribution >= 4 is 11.9 Å². The lowest BCUT2D eigenvalue weighted by Gasteiger charge is -2.58. The van der Waals surface area contributed by atoms with E-state index >= 15 is 0 Å². The lowest BCUT2D eigenvalue weighted by atomic mass is 9.47. The molecule has 30 heavy (non-hydrogen) atoms. The molecule has 0 bridgehead atoms. The molecule has 4 nitrogen and oxygen atoms in total. The Kier molecular flexibility index (Phi) is 5.83. The molecule has 4 aliphatic carbocycles. The van der Waals surface area contributed by atoms with Crippen molar-refractivity contribution in [2.75, 3.05) is 0 Å². The molecule has 0 heterocycles. The molecule has 4 heteroatoms. The van der Waals surface area contributed by atoms with Crippen LogP contribution in [-0.2, 0) is 14.3 Å². The van der Waals surface area contributed by atoms with E-state index in [4.69, 9.17) is 9.84 Å². The number of carbonyl (C=O) groups excluding carboxylic acids is 1. The number of esters is 1. The van der Waals surface area contributed by atoms with Crippen LogP contribution in [0.25, 0.3) is 0 Å². The maximum atomic E-state index is 11.4. The Bertz CT molecular complexity index is 727. The van der Waals surface area contributed by atoms with Gasteiger partial charge in [-0.25, -0.2) is 0 Å². The first-order valence-electron chi connectivity index (χ1n) is 12.2. The van der Waals surface area contributed by atoms with Crippen molar-refractivity contribution in [1.29, 1.82) is 0 Å². The third-order valence-corrected chi connectivity index (χ3v) is 9.97. The second-order valence-electron chi connectivity index (χ2n) is 11.4. The van der Waals surface area contributed by atoms with Crippen molar-refractivity contribution in [3.8, 4) is 0 Å². The Morgan fingerprint density at radius 1 is 1.17 bits per heavy atom. The van der Waals surface area contributed by atoms with Gasteiger partial charge in [-0.2, -0.15) is 0 Å². The van der Waals surface area contributed by atoms with Gasteiger partial charge in [0.15, 0.2) is 0 Å². The molecule has 3 fully saturated rings. The fraction of sp³-hybridized carbons (Fsp3) is 0.846. The quantitative estimate of drug-likeness (QED) is 0.441. The third kappa shape index (κ3) is 3.62. The van der Waals surface area contributed by atoms with Gasteiger partial charge in [-0.1, -0.05) is 32.4 Å². The maximum Gasteiger partial charge on any atom is 0.303 e. The molecule has 4 aliphatic rings. The van der Waals surface area contributed by atoms with Gasteiger partial charge in [0.05, 0.1) is 0 Å². The van der Waals surface area contributed by atoms with Crippen molar-refractivity contribution in [1.82, 2.24) is 0 Å². The summed E-state index contributed by atoms with van der Waals surface area (Å²) in [5, 5.41) is 9.13. The van der Waals surface area contributed by atoms with Crippen LogP contribution >= 0.6 is 0 Å². The molecule has 2 unspecified atom stereocenters. The molecule has 4 rings (SSSR count). The molecule has 0 aliphatic heterocycles. The number of carboxylic acid groups (broad SMARTS) is 1. The Morgan fingerprint density at radius 3 is 2.63 bits per heavy atom. The molecule has 0 saturated heterocycles. The average molecular weight is 417 g/mol. The van der Waals surface area contributed by atoms with Crippen LogP contribution in [0.3, 0.4) is 0 Å². The Hall–Kier alpha value is -1.32. The topological polar surface area (TPSA) is 63.6 Å². The third-order valence-electron chi connectivity index (χ3n) is 9.97. The molecule has 0 amide bonds. The summed E-state index contributed by atoms with van der Waals surface area (Å²) in [5.41, 5.74) is 2.19. The van der Waals surface area contributed by atoms with Crippen LogP contribution in [0.1, 0.15) is 91.9 Å². The zero-order valence-electron chi connectivity index (χ0n) is 19.3. The van der Waals surface area contributed by atoms with Crippen molar-refractivity contribution in [2.24, 2.45) is 40.4 Å². The number of allylic oxidation sites excluding steroid dienone is 1. The molecule has 0 aromatic rings. The molecule has 1 N–H and O–H groups in total. The Balaban J connectivity index is 1.51. The van der Waals surface area contributed by atoms with Gasteiger partial charge in [0.2, 0.25) is 0 Å². The molecule has 3 saturated carbocycles. The number of hydrogen-bond acceptors (Lipinski definition) is 3. The summed E-state index contributed by atoms with van der Waals surface area (Å²) in [6, 6.07) is 0. The lowest BCUT2D eigenvalue weighted by molar-refractivity contribution is -0.148. The average Bonchev–Trinajstić information content (AvgIpc) is 3.03. The van der Waals surface area contributed by atoms with Gasteiger partial charge in [0, 0.05) is 19.8 Å². The van der Waals surface area contributed by atoms with Crippen LogP contribution in [0.15, 0.2) is 11.6 Å². The predicted molar refractivity (Wildman–Crippen MR) is 117 cm³/mol. The zero-order valence-corrected chi connectivity index (χ0v) is 19.3. The second-order valence-corrected chi connectivity index (χ2v) is 11.4. The van der Waals surface area contributed by atoms with E-state index in [-0.39, 0.29) is 17.5 Å². The van der Waals surface area contributed by atoms with Gasteiger partial charge in [-0.05, 0) is 91.8 Å². The number of aliphatic carboxylic acids is 1. The molecule has 168 valence electrons. The lowest BCUT2D eigenvalue weighted by Crippen LogP contribution is -2.51. The van der Waals surface area contributed by atoms with Crippen LogP contribution in [0.4, 0.5) is 0 Å². The largest absolute Gasteiger partial charge is 0.481 e. The van der Waals surface area contributed by atoms with E-state index in [1.165, 1.54) is 39.0 Å². The summed E-state index contributed by atoms with van der Waals surface area (Å²) in [6.45, 7) is 8.84. The molecular formula is C26H40O4. The predicted octanol–water partition coefficient (Wildman–Crippen LogP) is 6.00. The summed E-state index contributed by atoms with van der Waals surface area (Å²) in [5.74, 6) is 2.64. The summed E-state index contributed by atoms with van der Waals surface area (Å²) >= 11 is 0. The van der Waals surface area contributed by atoms with E-state index in [0.29, 0.717) is 23.7 Å². The van der Waals surface area contributed by atoms with Crippen LogP contribution in [0.5, 0.6) is 0 Å². The fourth-order valence-electron chi connectivity index (χ4n) is 8.49. The van der Waals surface area contributed by atoms with E-state index in [2.05, 4.69) is 26.8 Å². The first-order valence-corrected chi connectivity index (χ1v) is 12.2. The first-order chi connectivity index (χ1) is 14.1. The number of carbonyl (C=O) groups is 2. The van der Waals surface area contributed by atoms with Gasteiger partial charge >= 0.3 is 11.9 Å². The van der Waals surface area contributed by atoms with E-state index < -0.39 is 5.97 Å². The summed E-state index contributed by atoms with van der Waals surface area (Å²) in [7, 11) is 0. The summed E-state index contributed by atoms with van der Waals surface area (Å²) in [4.78, 5) is 22.5. The molecule has 0 spiro atoms. The van der Waals surface area contributed by atoms with E-state index in [0.717, 1.165) is 43.4 Å². The minimum Gasteiger partial charge on any atom is -0.481 e. The standard InChI is InChI=1S/C26H40O4/c1-16(5-10-24(28)29)21-8-9-22-20-7-6-18-15-19(30-17(2)27)11-13-25(18,3)23(20)12-14-26(21,22)4/h6,16,19-23H,5,7-15H2,1-4H3,(H,28,29)/t16?,19?,20-,21+,22-,23-,25-,26+/m0/s1. The number of fused-ring (bicyclic) bond motifs is 5. The van der Waals surface area contributed by atoms with Gasteiger partial charge < -0.3 is 9.84 Å². The minimum absolute atomic E-state index is 0.0678. The van der Waals surface area contributed by atoms with E-state index in [1.54, 1.807) is 5.57 Å². The number of carboxylic acids is 1. The van der Waals surface area contributed by atoms with Gasteiger partial charge in [-0.3, -0.25) is 9.59 Å². The maximum absolute atomic E-state index is 11.4. The van der Waals surface area contributed by atoms with Crippen molar-refractivity contribution in [3.05, 3.63) is 11.6 Å². The highest BCUT2D eigenvalue weighted by molar-refractivity contribution is 5.66. The number of hydrogen-bond donors (Lipinski definition) is 1. The van der Waals surface area contributed by atoms with Crippen molar-refractivity contribution < 1.29 is 19.4 Å². The van der Waals surface area contributed by atoms with Gasteiger partial charge in [0.25, 0.3) is 0 Å². The molecule has 0 radical (unpaired) electrons. The molecule has 0 aromatic carbocycles. The number of rotatable bonds is 5. The van der Waals surface area contributed by atoms with Crippen LogP contribution < -0.4 is 0 Å². The van der Waals surface area contributed by atoms with Gasteiger partial charge in [0.1, 0.15) is 6.10 Å². The highest BCUT2D eigenvalue weighted by Crippen LogP contribution is 2.67. The van der Waals surface area contributed by atoms with Crippen LogP contribution in [0, 0.1) is 40.4 Å². The summed E-state index contributed by atoms with van der Waals surface area (Å²) < 4.78 is 5.57. The summed E-state index contributed by atoms with van der Waals surface area (Å²) in [6.07, 6.45) is 13.1. The minimum atomic E-state index is -0.660. The smallest absolute Gasteiger partial charge is 0.303 e. The molecular weight excluding hydrogens is 376 g/mol. The zero-order chi connectivity index (χ0) is 21.7. The Labute approximate surface area is 181 Å². The highest BCUT2D eigenvalue weighted by Gasteiger charge is 2.59. The second kappa shape index (κ2) is 7.98. The van der Waals surface area contributed by atoms with Crippen molar-refractivity contribution in [2.45, 2.75) is 98.0 Å². The SMILES string of the molecule is CC(=O)OC1CC[C@@]2(C)C(=CC[C@H]3[C@@H]4CC[C@H](C(C)CCC(=O)O)[C@@]4(C)CC[C@@H]32)C1. The molecule has 0 aromatic heterocycles. The Morgan fingerprint density at radius 2 is 1.93 bits per heavy atom.